The van der Waals surface area contributed by atoms with Gasteiger partial charge in [-0.05, 0) is 83.9 Å². The summed E-state index contributed by atoms with van der Waals surface area (Å²) in [7, 11) is 0. The van der Waals surface area contributed by atoms with E-state index in [-0.39, 0.29) is 5.82 Å². The SMILES string of the molecule is Fc1ccc(-c2c3ccccc3c(-c3cccc4ccc(-c5ccccc5)cc34)c3ccccc23)cc1. The Morgan fingerprint density at radius 3 is 1.57 bits per heavy atom. The molecular formula is C36H23F. The van der Waals surface area contributed by atoms with Crippen LogP contribution in [-0.2, 0) is 0 Å². The maximum absolute atomic E-state index is 13.8. The number of benzene rings is 7. The van der Waals surface area contributed by atoms with Crippen LogP contribution in [0.15, 0.2) is 140 Å². The number of hydrogen-bond donors (Lipinski definition) is 0. The van der Waals surface area contributed by atoms with Crippen molar-refractivity contribution in [3.05, 3.63) is 145 Å². The first kappa shape index (κ1) is 21.5. The number of fused-ring (bicyclic) bond motifs is 3. The van der Waals surface area contributed by atoms with E-state index in [2.05, 4.69) is 115 Å². The van der Waals surface area contributed by atoms with Crippen LogP contribution in [0.3, 0.4) is 0 Å². The van der Waals surface area contributed by atoms with Crippen LogP contribution in [0.2, 0.25) is 0 Å². The first-order valence-electron chi connectivity index (χ1n) is 12.6. The van der Waals surface area contributed by atoms with Crippen molar-refractivity contribution in [1.29, 1.82) is 0 Å². The van der Waals surface area contributed by atoms with Gasteiger partial charge in [-0.15, -0.1) is 0 Å². The fourth-order valence-corrected chi connectivity index (χ4v) is 5.65. The molecule has 0 nitrogen and oxygen atoms in total. The van der Waals surface area contributed by atoms with Crippen LogP contribution in [0, 0.1) is 5.82 Å². The molecule has 0 unspecified atom stereocenters. The highest BCUT2D eigenvalue weighted by Crippen LogP contribution is 2.45. The Morgan fingerprint density at radius 2 is 0.919 bits per heavy atom. The van der Waals surface area contributed by atoms with Gasteiger partial charge in [0.1, 0.15) is 5.82 Å². The summed E-state index contributed by atoms with van der Waals surface area (Å²) in [6.07, 6.45) is 0. The third-order valence-electron chi connectivity index (χ3n) is 7.32. The zero-order valence-electron chi connectivity index (χ0n) is 20.2. The molecule has 0 saturated heterocycles. The number of halogens is 1. The molecule has 0 N–H and O–H groups in total. The predicted octanol–water partition coefficient (Wildman–Crippen LogP) is 10.3. The molecule has 0 amide bonds. The van der Waals surface area contributed by atoms with E-state index >= 15 is 0 Å². The molecule has 0 spiro atoms. The van der Waals surface area contributed by atoms with Crippen LogP contribution in [-0.4, -0.2) is 0 Å². The quantitative estimate of drug-likeness (QED) is 0.223. The maximum atomic E-state index is 13.8. The van der Waals surface area contributed by atoms with Crippen LogP contribution in [0.4, 0.5) is 4.39 Å². The molecule has 0 aliphatic rings. The largest absolute Gasteiger partial charge is 0.207 e. The molecular weight excluding hydrogens is 451 g/mol. The fraction of sp³-hybridized carbons (Fsp3) is 0. The van der Waals surface area contributed by atoms with Gasteiger partial charge in [-0.2, -0.15) is 0 Å². The van der Waals surface area contributed by atoms with Gasteiger partial charge in [-0.25, -0.2) is 4.39 Å². The third-order valence-corrected chi connectivity index (χ3v) is 7.32. The van der Waals surface area contributed by atoms with E-state index in [0.29, 0.717) is 0 Å². The molecule has 1 heteroatoms. The van der Waals surface area contributed by atoms with Gasteiger partial charge >= 0.3 is 0 Å². The van der Waals surface area contributed by atoms with Gasteiger partial charge in [-0.3, -0.25) is 0 Å². The Hall–Kier alpha value is -4.75. The summed E-state index contributed by atoms with van der Waals surface area (Å²) in [5.74, 6) is -0.223. The van der Waals surface area contributed by atoms with Gasteiger partial charge in [-0.1, -0.05) is 121 Å². The fourth-order valence-electron chi connectivity index (χ4n) is 5.65. The highest BCUT2D eigenvalue weighted by Gasteiger charge is 2.18. The minimum atomic E-state index is -0.223. The molecule has 7 rings (SSSR count). The smallest absolute Gasteiger partial charge is 0.123 e. The van der Waals surface area contributed by atoms with Gasteiger partial charge in [0, 0.05) is 0 Å². The molecule has 7 aromatic carbocycles. The molecule has 0 radical (unpaired) electrons. The molecule has 0 atom stereocenters. The summed E-state index contributed by atoms with van der Waals surface area (Å²) >= 11 is 0. The first-order chi connectivity index (χ1) is 18.3. The second kappa shape index (κ2) is 8.72. The summed E-state index contributed by atoms with van der Waals surface area (Å²) < 4.78 is 13.8. The minimum absolute atomic E-state index is 0.223. The summed E-state index contributed by atoms with van der Waals surface area (Å²) in [5, 5.41) is 7.16. The lowest BCUT2D eigenvalue weighted by molar-refractivity contribution is 0.628. The molecule has 7 aromatic rings. The Morgan fingerprint density at radius 1 is 0.351 bits per heavy atom. The zero-order valence-corrected chi connectivity index (χ0v) is 20.2. The summed E-state index contributed by atoms with van der Waals surface area (Å²) in [6.45, 7) is 0. The average molecular weight is 475 g/mol. The molecule has 174 valence electrons. The van der Waals surface area contributed by atoms with E-state index in [9.17, 15) is 4.39 Å². The molecule has 0 bridgehead atoms. The third kappa shape index (κ3) is 3.59. The number of rotatable bonds is 3. The van der Waals surface area contributed by atoms with E-state index in [1.165, 1.54) is 54.6 Å². The van der Waals surface area contributed by atoms with Gasteiger partial charge in [0.15, 0.2) is 0 Å². The summed E-state index contributed by atoms with van der Waals surface area (Å²) in [4.78, 5) is 0. The van der Waals surface area contributed by atoms with Crippen molar-refractivity contribution in [2.24, 2.45) is 0 Å². The van der Waals surface area contributed by atoms with E-state index in [1.807, 2.05) is 12.1 Å². The van der Waals surface area contributed by atoms with Crippen molar-refractivity contribution in [3.8, 4) is 33.4 Å². The van der Waals surface area contributed by atoms with E-state index < -0.39 is 0 Å². The maximum Gasteiger partial charge on any atom is 0.123 e. The van der Waals surface area contributed by atoms with Crippen molar-refractivity contribution in [3.63, 3.8) is 0 Å². The van der Waals surface area contributed by atoms with Crippen LogP contribution >= 0.6 is 0 Å². The zero-order chi connectivity index (χ0) is 24.8. The Labute approximate surface area is 215 Å². The lowest BCUT2D eigenvalue weighted by atomic mass is 9.84. The van der Waals surface area contributed by atoms with Crippen molar-refractivity contribution in [2.45, 2.75) is 0 Å². The minimum Gasteiger partial charge on any atom is -0.207 e. The van der Waals surface area contributed by atoms with Crippen LogP contribution < -0.4 is 0 Å². The molecule has 0 aromatic heterocycles. The monoisotopic (exact) mass is 474 g/mol. The molecule has 0 saturated carbocycles. The molecule has 0 aliphatic carbocycles. The average Bonchev–Trinajstić information content (AvgIpc) is 2.96. The summed E-state index contributed by atoms with van der Waals surface area (Å²) in [6, 6.07) is 47.9. The van der Waals surface area contributed by atoms with Crippen molar-refractivity contribution in [2.75, 3.05) is 0 Å². The van der Waals surface area contributed by atoms with Gasteiger partial charge < -0.3 is 0 Å². The molecule has 0 heterocycles. The van der Waals surface area contributed by atoms with E-state index in [4.69, 9.17) is 0 Å². The highest BCUT2D eigenvalue weighted by molar-refractivity contribution is 6.23. The summed E-state index contributed by atoms with van der Waals surface area (Å²) in [5.41, 5.74) is 7.02. The Kier molecular flexibility index (Phi) is 5.08. The second-order valence-electron chi connectivity index (χ2n) is 9.46. The lowest BCUT2D eigenvalue weighted by Gasteiger charge is -2.19. The second-order valence-corrected chi connectivity index (χ2v) is 9.46. The molecule has 37 heavy (non-hydrogen) atoms. The first-order valence-corrected chi connectivity index (χ1v) is 12.6. The van der Waals surface area contributed by atoms with Gasteiger partial charge in [0.2, 0.25) is 0 Å². The molecule has 0 aliphatic heterocycles. The van der Waals surface area contributed by atoms with Gasteiger partial charge in [0.25, 0.3) is 0 Å². The van der Waals surface area contributed by atoms with Crippen LogP contribution in [0.1, 0.15) is 0 Å². The Balaban J connectivity index is 1.60. The Bertz CT molecular complexity index is 1860. The van der Waals surface area contributed by atoms with Crippen LogP contribution in [0.5, 0.6) is 0 Å². The highest BCUT2D eigenvalue weighted by atomic mass is 19.1. The van der Waals surface area contributed by atoms with E-state index in [0.717, 1.165) is 11.1 Å². The number of hydrogen-bond acceptors (Lipinski definition) is 0. The van der Waals surface area contributed by atoms with Gasteiger partial charge in [0.05, 0.1) is 0 Å². The normalized spacial score (nSPS) is 11.4. The standard InChI is InChI=1S/C36H23F/c37-28-21-19-26(20-22-28)35-29-12-4-6-14-31(29)36(32-15-7-5-13-30(32)35)33-16-8-11-25-17-18-27(23-34(25)33)24-9-2-1-3-10-24/h1-23H. The van der Waals surface area contributed by atoms with Crippen molar-refractivity contribution < 1.29 is 4.39 Å². The predicted molar refractivity (Wildman–Crippen MR) is 155 cm³/mol. The topological polar surface area (TPSA) is 0 Å². The van der Waals surface area contributed by atoms with Crippen molar-refractivity contribution >= 4 is 32.3 Å². The van der Waals surface area contributed by atoms with Crippen LogP contribution in [0.25, 0.3) is 65.7 Å². The lowest BCUT2D eigenvalue weighted by Crippen LogP contribution is -1.92. The van der Waals surface area contributed by atoms with E-state index in [1.54, 1.807) is 12.1 Å². The van der Waals surface area contributed by atoms with Crippen molar-refractivity contribution in [1.82, 2.24) is 0 Å². The molecule has 0 fully saturated rings.